The number of pyridine rings is 1. The summed E-state index contributed by atoms with van der Waals surface area (Å²) in [4.78, 5) is 31.9. The molecule has 1 saturated carbocycles. The van der Waals surface area contributed by atoms with E-state index >= 15 is 0 Å². The minimum Gasteiger partial charge on any atom is -0.406 e. The molecule has 3 amide bonds. The molecule has 0 radical (unpaired) electrons. The number of ether oxygens (including phenoxy) is 1. The predicted molar refractivity (Wildman–Crippen MR) is 148 cm³/mol. The van der Waals surface area contributed by atoms with E-state index in [4.69, 9.17) is 0 Å². The summed E-state index contributed by atoms with van der Waals surface area (Å²) >= 11 is 0. The topological polar surface area (TPSA) is 83.6 Å². The molecule has 2 N–H and O–H groups in total. The van der Waals surface area contributed by atoms with Gasteiger partial charge in [0.05, 0.1) is 0 Å². The lowest BCUT2D eigenvalue weighted by Crippen LogP contribution is -2.50. The van der Waals surface area contributed by atoms with Gasteiger partial charge in [-0.1, -0.05) is 30.3 Å². The van der Waals surface area contributed by atoms with Gasteiger partial charge < -0.3 is 20.3 Å². The van der Waals surface area contributed by atoms with Crippen LogP contribution in [0.5, 0.6) is 5.75 Å². The van der Waals surface area contributed by atoms with E-state index in [1.165, 1.54) is 18.2 Å². The lowest BCUT2D eigenvalue weighted by atomic mass is 9.87. The highest BCUT2D eigenvalue weighted by molar-refractivity contribution is 5.83. The van der Waals surface area contributed by atoms with Gasteiger partial charge in [0, 0.05) is 43.5 Å². The molecule has 2 aromatic carbocycles. The predicted octanol–water partition coefficient (Wildman–Crippen LogP) is 5.93. The van der Waals surface area contributed by atoms with E-state index in [0.717, 1.165) is 34.2 Å². The zero-order chi connectivity index (χ0) is 29.4. The molecule has 2 heterocycles. The summed E-state index contributed by atoms with van der Waals surface area (Å²) in [6.45, 7) is 6.78. The standard InChI is InChI=1S/C31H33F3N4O3/c1-30(2,3)37-29(40)38-13-11-24-23(19-6-4-8-22(14-19)41-31(32,33)34)10-9-21(27(24)18-38)17-36-28(39)26-15-25(26)20-7-5-12-35-16-20/h4-10,12,14,16,25-26H,11,13,15,17-18H2,1-3H3,(H,36,39)(H,37,40)/t25-,26+/m1/s1. The molecule has 216 valence electrons. The molecule has 1 aliphatic heterocycles. The van der Waals surface area contributed by atoms with Crippen LogP contribution in [0.3, 0.4) is 0 Å². The summed E-state index contributed by atoms with van der Waals surface area (Å²) in [5, 5.41) is 6.06. The van der Waals surface area contributed by atoms with Crippen LogP contribution in [0.1, 0.15) is 55.4 Å². The van der Waals surface area contributed by atoms with Gasteiger partial charge in [-0.25, -0.2) is 4.79 Å². The van der Waals surface area contributed by atoms with Crippen LogP contribution >= 0.6 is 0 Å². The summed E-state index contributed by atoms with van der Waals surface area (Å²) in [6.07, 6.45) is -0.0121. The van der Waals surface area contributed by atoms with Gasteiger partial charge in [0.1, 0.15) is 5.75 Å². The van der Waals surface area contributed by atoms with Crippen molar-refractivity contribution in [3.8, 4) is 16.9 Å². The van der Waals surface area contributed by atoms with Crippen molar-refractivity contribution in [3.05, 3.63) is 83.2 Å². The Morgan fingerprint density at radius 3 is 2.59 bits per heavy atom. The van der Waals surface area contributed by atoms with Crippen molar-refractivity contribution in [2.45, 2.75) is 64.5 Å². The van der Waals surface area contributed by atoms with E-state index in [1.807, 2.05) is 45.0 Å². The maximum absolute atomic E-state index is 13.0. The van der Waals surface area contributed by atoms with Crippen LogP contribution in [0.2, 0.25) is 0 Å². The molecule has 0 saturated heterocycles. The fourth-order valence-electron chi connectivity index (χ4n) is 5.37. The molecule has 1 fully saturated rings. The van der Waals surface area contributed by atoms with Gasteiger partial charge in [-0.05, 0) is 91.1 Å². The Bertz CT molecular complexity index is 1440. The average molecular weight is 567 g/mol. The molecule has 5 rings (SSSR count). The van der Waals surface area contributed by atoms with E-state index in [1.54, 1.807) is 23.4 Å². The highest BCUT2D eigenvalue weighted by Gasteiger charge is 2.44. The van der Waals surface area contributed by atoms with Crippen molar-refractivity contribution in [2.75, 3.05) is 6.54 Å². The highest BCUT2D eigenvalue weighted by Crippen LogP contribution is 2.47. The molecular weight excluding hydrogens is 533 g/mol. The summed E-state index contributed by atoms with van der Waals surface area (Å²) in [5.74, 6) is -0.288. The number of carbonyl (C=O) groups excluding carboxylic acids is 2. The van der Waals surface area contributed by atoms with E-state index in [-0.39, 0.29) is 36.1 Å². The first-order chi connectivity index (χ1) is 19.4. The Hall–Kier alpha value is -4.08. The quantitative estimate of drug-likeness (QED) is 0.387. The normalized spacial score (nSPS) is 18.3. The van der Waals surface area contributed by atoms with Gasteiger partial charge >= 0.3 is 12.4 Å². The second kappa shape index (κ2) is 11.1. The molecule has 1 aliphatic carbocycles. The Morgan fingerprint density at radius 2 is 1.88 bits per heavy atom. The molecule has 0 unspecified atom stereocenters. The number of carbonyl (C=O) groups is 2. The average Bonchev–Trinajstić information content (AvgIpc) is 3.71. The van der Waals surface area contributed by atoms with Gasteiger partial charge in [0.15, 0.2) is 0 Å². The number of hydrogen-bond acceptors (Lipinski definition) is 4. The van der Waals surface area contributed by atoms with Crippen LogP contribution in [0, 0.1) is 5.92 Å². The van der Waals surface area contributed by atoms with Gasteiger partial charge in [-0.3, -0.25) is 9.78 Å². The van der Waals surface area contributed by atoms with Crippen molar-refractivity contribution in [2.24, 2.45) is 5.92 Å². The smallest absolute Gasteiger partial charge is 0.406 e. The van der Waals surface area contributed by atoms with E-state index in [2.05, 4.69) is 20.4 Å². The molecule has 0 bridgehead atoms. The lowest BCUT2D eigenvalue weighted by Gasteiger charge is -2.34. The van der Waals surface area contributed by atoms with Crippen LogP contribution in [0.25, 0.3) is 11.1 Å². The summed E-state index contributed by atoms with van der Waals surface area (Å²) in [5.41, 5.74) is 4.70. The second-order valence-electron chi connectivity index (χ2n) is 11.6. The molecule has 10 heteroatoms. The van der Waals surface area contributed by atoms with Crippen LogP contribution in [0.15, 0.2) is 60.9 Å². The first-order valence-electron chi connectivity index (χ1n) is 13.6. The maximum atomic E-state index is 13.0. The molecule has 41 heavy (non-hydrogen) atoms. The minimum absolute atomic E-state index is 0.0354. The van der Waals surface area contributed by atoms with Gasteiger partial charge in [-0.2, -0.15) is 0 Å². The number of urea groups is 1. The number of amides is 3. The molecular formula is C31H33F3N4O3. The SMILES string of the molecule is CC(C)(C)NC(=O)N1CCc2c(-c3cccc(OC(F)(F)F)c3)ccc(CNC(=O)[C@H]3C[C@@H]3c3cccnc3)c2C1. The Morgan fingerprint density at radius 1 is 1.07 bits per heavy atom. The van der Waals surface area contributed by atoms with Gasteiger partial charge in [0.2, 0.25) is 5.91 Å². The number of aromatic nitrogens is 1. The monoisotopic (exact) mass is 566 g/mol. The fourth-order valence-corrected chi connectivity index (χ4v) is 5.37. The minimum atomic E-state index is -4.79. The first kappa shape index (κ1) is 28.4. The van der Waals surface area contributed by atoms with Crippen LogP contribution in [-0.4, -0.2) is 40.3 Å². The molecule has 2 aliphatic rings. The number of benzene rings is 2. The Labute approximate surface area is 237 Å². The number of nitrogens with zero attached hydrogens (tertiary/aromatic N) is 2. The molecule has 0 spiro atoms. The number of hydrogen-bond donors (Lipinski definition) is 2. The number of halogens is 3. The van der Waals surface area contributed by atoms with Crippen molar-refractivity contribution >= 4 is 11.9 Å². The molecule has 3 aromatic rings. The molecule has 1 aromatic heterocycles. The van der Waals surface area contributed by atoms with Crippen LogP contribution in [0.4, 0.5) is 18.0 Å². The number of alkyl halides is 3. The third kappa shape index (κ3) is 6.99. The third-order valence-corrected chi connectivity index (χ3v) is 7.35. The number of nitrogens with one attached hydrogen (secondary N) is 2. The van der Waals surface area contributed by atoms with Gasteiger partial charge in [0.25, 0.3) is 0 Å². The zero-order valence-corrected chi connectivity index (χ0v) is 23.2. The van der Waals surface area contributed by atoms with Crippen molar-refractivity contribution in [1.29, 1.82) is 0 Å². The van der Waals surface area contributed by atoms with Crippen molar-refractivity contribution < 1.29 is 27.5 Å². The molecule has 7 nitrogen and oxygen atoms in total. The second-order valence-corrected chi connectivity index (χ2v) is 11.6. The Kier molecular flexibility index (Phi) is 7.68. The summed E-state index contributed by atoms with van der Waals surface area (Å²) in [7, 11) is 0. The highest BCUT2D eigenvalue weighted by atomic mass is 19.4. The van der Waals surface area contributed by atoms with Crippen LogP contribution < -0.4 is 15.4 Å². The zero-order valence-electron chi connectivity index (χ0n) is 23.2. The van der Waals surface area contributed by atoms with E-state index in [0.29, 0.717) is 25.1 Å². The largest absolute Gasteiger partial charge is 0.573 e. The van der Waals surface area contributed by atoms with Crippen molar-refractivity contribution in [1.82, 2.24) is 20.5 Å². The fraction of sp³-hybridized carbons (Fsp3) is 0.387. The van der Waals surface area contributed by atoms with Crippen LogP contribution in [-0.2, 0) is 24.3 Å². The number of fused-ring (bicyclic) bond motifs is 1. The summed E-state index contributed by atoms with van der Waals surface area (Å²) in [6, 6.07) is 13.3. The van der Waals surface area contributed by atoms with Crippen molar-refractivity contribution in [3.63, 3.8) is 0 Å². The number of rotatable bonds is 6. The third-order valence-electron chi connectivity index (χ3n) is 7.35. The van der Waals surface area contributed by atoms with E-state index in [9.17, 15) is 22.8 Å². The lowest BCUT2D eigenvalue weighted by molar-refractivity contribution is -0.274. The summed E-state index contributed by atoms with van der Waals surface area (Å²) < 4.78 is 42.7. The van der Waals surface area contributed by atoms with E-state index < -0.39 is 11.9 Å². The first-order valence-corrected chi connectivity index (χ1v) is 13.6. The maximum Gasteiger partial charge on any atom is 0.573 e. The Balaban J connectivity index is 1.40. The van der Waals surface area contributed by atoms with Gasteiger partial charge in [-0.15, -0.1) is 13.2 Å². The molecule has 2 atom stereocenters.